The fourth-order valence-electron chi connectivity index (χ4n) is 2.65. The van der Waals surface area contributed by atoms with E-state index in [2.05, 4.69) is 9.97 Å². The second-order valence-electron chi connectivity index (χ2n) is 5.99. The molecule has 2 heterocycles. The molecule has 1 fully saturated rings. The molecule has 1 aliphatic rings. The van der Waals surface area contributed by atoms with E-state index in [0.29, 0.717) is 29.5 Å². The van der Waals surface area contributed by atoms with Gasteiger partial charge in [-0.15, -0.1) is 0 Å². The molecular weight excluding hydrogens is 308 g/mol. The molecule has 1 aliphatic carbocycles. The molecule has 124 valence electrons. The Kier molecular flexibility index (Phi) is 4.55. The van der Waals surface area contributed by atoms with Crippen molar-refractivity contribution >= 4 is 11.6 Å². The number of ether oxygens (including phenoxy) is 1. The van der Waals surface area contributed by atoms with E-state index in [9.17, 15) is 14.4 Å². The van der Waals surface area contributed by atoms with Gasteiger partial charge < -0.3 is 9.72 Å². The maximum atomic E-state index is 12.3. The molecule has 0 aliphatic heterocycles. The van der Waals surface area contributed by atoms with Crippen molar-refractivity contribution < 1.29 is 14.3 Å². The first kappa shape index (κ1) is 16.1. The Bertz CT molecular complexity index is 790. The van der Waals surface area contributed by atoms with Gasteiger partial charge in [0.25, 0.3) is 0 Å². The SMILES string of the molecule is CC(=O)c1ccc(OCCC2C[C@H]2C(=O)c2ccc(=O)[nH]c2)nc1. The summed E-state index contributed by atoms with van der Waals surface area (Å²) in [5, 5.41) is 0. The number of nitrogens with one attached hydrogen (secondary N) is 1. The fourth-order valence-corrected chi connectivity index (χ4v) is 2.65. The lowest BCUT2D eigenvalue weighted by atomic mass is 10.1. The smallest absolute Gasteiger partial charge is 0.247 e. The number of nitrogens with zero attached hydrogens (tertiary/aromatic N) is 1. The van der Waals surface area contributed by atoms with Gasteiger partial charge in [-0.05, 0) is 37.8 Å². The summed E-state index contributed by atoms with van der Waals surface area (Å²) >= 11 is 0. The van der Waals surface area contributed by atoms with Gasteiger partial charge in [-0.2, -0.15) is 0 Å². The summed E-state index contributed by atoms with van der Waals surface area (Å²) in [7, 11) is 0. The molecule has 6 heteroatoms. The first-order valence-corrected chi connectivity index (χ1v) is 7.87. The third-order valence-corrected chi connectivity index (χ3v) is 4.21. The topological polar surface area (TPSA) is 89.1 Å². The van der Waals surface area contributed by atoms with Crippen LogP contribution in [0.4, 0.5) is 0 Å². The molecular formula is C18H18N2O4. The second-order valence-corrected chi connectivity index (χ2v) is 5.99. The Hall–Kier alpha value is -2.76. The fraction of sp³-hybridized carbons (Fsp3) is 0.333. The van der Waals surface area contributed by atoms with Crippen molar-refractivity contribution in [2.75, 3.05) is 6.61 Å². The molecule has 2 aromatic heterocycles. The highest BCUT2D eigenvalue weighted by Crippen LogP contribution is 2.43. The van der Waals surface area contributed by atoms with E-state index in [1.165, 1.54) is 25.4 Å². The molecule has 1 saturated carbocycles. The van der Waals surface area contributed by atoms with Crippen molar-refractivity contribution in [1.29, 1.82) is 0 Å². The summed E-state index contributed by atoms with van der Waals surface area (Å²) in [5.41, 5.74) is 0.885. The van der Waals surface area contributed by atoms with Gasteiger partial charge in [0, 0.05) is 41.6 Å². The molecule has 24 heavy (non-hydrogen) atoms. The molecule has 0 aromatic carbocycles. The number of pyridine rings is 2. The molecule has 0 spiro atoms. The van der Waals surface area contributed by atoms with Crippen molar-refractivity contribution in [3.63, 3.8) is 0 Å². The minimum atomic E-state index is -0.212. The van der Waals surface area contributed by atoms with Crippen LogP contribution in [0.15, 0.2) is 41.5 Å². The van der Waals surface area contributed by atoms with Crippen LogP contribution in [0, 0.1) is 11.8 Å². The van der Waals surface area contributed by atoms with Crippen molar-refractivity contribution in [1.82, 2.24) is 9.97 Å². The molecule has 0 saturated heterocycles. The number of carbonyl (C=O) groups is 2. The van der Waals surface area contributed by atoms with Crippen LogP contribution in [0.1, 0.15) is 40.5 Å². The Balaban J connectivity index is 1.45. The molecule has 1 unspecified atom stereocenters. The maximum Gasteiger partial charge on any atom is 0.247 e. The van der Waals surface area contributed by atoms with E-state index in [0.717, 1.165) is 12.8 Å². The lowest BCUT2D eigenvalue weighted by molar-refractivity contribution is 0.0958. The predicted molar refractivity (Wildman–Crippen MR) is 87.3 cm³/mol. The van der Waals surface area contributed by atoms with Gasteiger partial charge in [-0.3, -0.25) is 14.4 Å². The third-order valence-electron chi connectivity index (χ3n) is 4.21. The van der Waals surface area contributed by atoms with Crippen molar-refractivity contribution in [3.05, 3.63) is 58.1 Å². The quantitative estimate of drug-likeness (QED) is 0.788. The number of rotatable bonds is 7. The van der Waals surface area contributed by atoms with Crippen LogP contribution in [-0.4, -0.2) is 28.1 Å². The van der Waals surface area contributed by atoms with Crippen LogP contribution >= 0.6 is 0 Å². The highest BCUT2D eigenvalue weighted by molar-refractivity contribution is 5.99. The Morgan fingerprint density at radius 3 is 2.67 bits per heavy atom. The second kappa shape index (κ2) is 6.78. The number of H-pyrrole nitrogens is 1. The van der Waals surface area contributed by atoms with Gasteiger partial charge in [-0.1, -0.05) is 0 Å². The minimum absolute atomic E-state index is 0.00699. The van der Waals surface area contributed by atoms with Crippen LogP contribution in [0.2, 0.25) is 0 Å². The average molecular weight is 326 g/mol. The Labute approximate surface area is 138 Å². The largest absolute Gasteiger partial charge is 0.478 e. The minimum Gasteiger partial charge on any atom is -0.478 e. The highest BCUT2D eigenvalue weighted by atomic mass is 16.5. The first-order chi connectivity index (χ1) is 11.5. The van der Waals surface area contributed by atoms with Gasteiger partial charge >= 0.3 is 0 Å². The van der Waals surface area contributed by atoms with Crippen LogP contribution < -0.4 is 10.3 Å². The number of Topliss-reactive ketones (excluding diaryl/α,β-unsaturated/α-hetero) is 2. The van der Waals surface area contributed by atoms with E-state index in [4.69, 9.17) is 4.74 Å². The van der Waals surface area contributed by atoms with Crippen molar-refractivity contribution in [2.24, 2.45) is 11.8 Å². The van der Waals surface area contributed by atoms with Gasteiger partial charge in [0.05, 0.1) is 6.61 Å². The summed E-state index contributed by atoms with van der Waals surface area (Å²) in [5.74, 6) is 0.827. The number of ketones is 2. The average Bonchev–Trinajstić information content (AvgIpc) is 3.35. The third kappa shape index (κ3) is 3.76. The Morgan fingerprint density at radius 2 is 2.04 bits per heavy atom. The molecule has 2 atom stereocenters. The number of carbonyl (C=O) groups excluding carboxylic acids is 2. The molecule has 2 aromatic rings. The maximum absolute atomic E-state index is 12.3. The molecule has 3 rings (SSSR count). The number of aromatic nitrogens is 2. The summed E-state index contributed by atoms with van der Waals surface area (Å²) in [6.07, 6.45) is 4.59. The van der Waals surface area contributed by atoms with E-state index in [1.54, 1.807) is 18.2 Å². The van der Waals surface area contributed by atoms with Crippen LogP contribution in [0.25, 0.3) is 0 Å². The molecule has 0 bridgehead atoms. The van der Waals surface area contributed by atoms with E-state index in [-0.39, 0.29) is 23.0 Å². The van der Waals surface area contributed by atoms with Crippen LogP contribution in [0.3, 0.4) is 0 Å². The monoisotopic (exact) mass is 326 g/mol. The number of aromatic amines is 1. The zero-order valence-corrected chi connectivity index (χ0v) is 13.3. The van der Waals surface area contributed by atoms with Crippen LogP contribution in [-0.2, 0) is 0 Å². The first-order valence-electron chi connectivity index (χ1n) is 7.87. The van der Waals surface area contributed by atoms with E-state index >= 15 is 0 Å². The lowest BCUT2D eigenvalue weighted by Gasteiger charge is -2.05. The summed E-state index contributed by atoms with van der Waals surface area (Å²) in [4.78, 5) is 41.1. The van der Waals surface area contributed by atoms with Gasteiger partial charge in [-0.25, -0.2) is 4.98 Å². The number of hydrogen-bond acceptors (Lipinski definition) is 5. The zero-order chi connectivity index (χ0) is 17.1. The van der Waals surface area contributed by atoms with Gasteiger partial charge in [0.2, 0.25) is 11.4 Å². The normalized spacial score (nSPS) is 18.9. The molecule has 0 amide bonds. The van der Waals surface area contributed by atoms with E-state index in [1.807, 2.05) is 0 Å². The van der Waals surface area contributed by atoms with E-state index < -0.39 is 0 Å². The zero-order valence-electron chi connectivity index (χ0n) is 13.3. The van der Waals surface area contributed by atoms with Crippen molar-refractivity contribution in [2.45, 2.75) is 19.8 Å². The van der Waals surface area contributed by atoms with Crippen molar-refractivity contribution in [3.8, 4) is 5.88 Å². The molecule has 1 N–H and O–H groups in total. The highest BCUT2D eigenvalue weighted by Gasteiger charge is 2.42. The predicted octanol–water partition coefficient (Wildman–Crippen LogP) is 2.26. The van der Waals surface area contributed by atoms with Gasteiger partial charge in [0.15, 0.2) is 11.6 Å². The molecule has 6 nitrogen and oxygen atoms in total. The van der Waals surface area contributed by atoms with Gasteiger partial charge in [0.1, 0.15) is 0 Å². The number of hydrogen-bond donors (Lipinski definition) is 1. The lowest BCUT2D eigenvalue weighted by Crippen LogP contribution is -2.10. The standard InChI is InChI=1S/C18H18N2O4/c1-11(21)13-3-5-17(20-9-13)24-7-6-12-8-15(12)18(23)14-2-4-16(22)19-10-14/h2-5,9-10,12,15H,6-8H2,1H3,(H,19,22)/t12?,15-/m1/s1. The summed E-state index contributed by atoms with van der Waals surface area (Å²) in [6, 6.07) is 6.29. The summed E-state index contributed by atoms with van der Waals surface area (Å²) in [6.45, 7) is 1.97. The van der Waals surface area contributed by atoms with Crippen LogP contribution in [0.5, 0.6) is 5.88 Å². The Morgan fingerprint density at radius 1 is 1.25 bits per heavy atom. The molecule has 0 radical (unpaired) electrons. The summed E-state index contributed by atoms with van der Waals surface area (Å²) < 4.78 is 5.56.